The van der Waals surface area contributed by atoms with Gasteiger partial charge >= 0.3 is 5.97 Å². The van der Waals surface area contributed by atoms with E-state index >= 15 is 0 Å². The lowest BCUT2D eigenvalue weighted by Crippen LogP contribution is -2.39. The molecule has 13 heteroatoms. The second kappa shape index (κ2) is 11.8. The van der Waals surface area contributed by atoms with E-state index in [0.717, 1.165) is 11.3 Å². The van der Waals surface area contributed by atoms with E-state index in [1.54, 1.807) is 69.5 Å². The summed E-state index contributed by atoms with van der Waals surface area (Å²) in [4.78, 5) is 43.1. The second-order valence-corrected chi connectivity index (χ2v) is 10.9. The summed E-state index contributed by atoms with van der Waals surface area (Å²) in [5.74, 6) is 0.932. The number of methoxy groups -OCH3 is 2. The predicted molar refractivity (Wildman–Crippen MR) is 158 cm³/mol. The monoisotopic (exact) mass is 653 g/mol. The Hall–Kier alpha value is -4.49. The van der Waals surface area contributed by atoms with Gasteiger partial charge in [-0.3, -0.25) is 19.5 Å². The van der Waals surface area contributed by atoms with Gasteiger partial charge in [-0.2, -0.15) is 0 Å². The average molecular weight is 654 g/mol. The molecule has 0 amide bonds. The summed E-state index contributed by atoms with van der Waals surface area (Å²) in [6, 6.07) is 12.2. The van der Waals surface area contributed by atoms with Crippen molar-refractivity contribution in [3.8, 4) is 22.8 Å². The van der Waals surface area contributed by atoms with Crippen molar-refractivity contribution in [2.24, 2.45) is 4.99 Å². The number of hydrogen-bond donors (Lipinski definition) is 0. The minimum absolute atomic E-state index is 0.159. The number of nitro groups is 1. The first kappa shape index (κ1) is 29.0. The van der Waals surface area contributed by atoms with E-state index in [-0.39, 0.29) is 29.2 Å². The first-order valence-electron chi connectivity index (χ1n) is 12.6. The number of thiazole rings is 1. The van der Waals surface area contributed by atoms with Gasteiger partial charge in [-0.1, -0.05) is 17.4 Å². The van der Waals surface area contributed by atoms with Gasteiger partial charge in [0.1, 0.15) is 23.0 Å². The standard InChI is InChI=1S/C29H24BrN3O8S/c1-5-40-28(35)25-15(2)31-29-32(26(25)16-6-10-23(39-4)20(30)12-16)27(34)24(42-29)14-18-8-11-22(41-18)19-9-7-17(38-3)13-21(19)33(36)37/h6-14,26H,5H2,1-4H3/b24-14-/t26-/m1/s1. The van der Waals surface area contributed by atoms with E-state index in [2.05, 4.69) is 20.9 Å². The quantitative estimate of drug-likeness (QED) is 0.151. The Morgan fingerprint density at radius 2 is 1.98 bits per heavy atom. The molecule has 4 aromatic rings. The summed E-state index contributed by atoms with van der Waals surface area (Å²) < 4.78 is 24.1. The first-order valence-corrected chi connectivity index (χ1v) is 14.2. The molecule has 0 saturated heterocycles. The van der Waals surface area contributed by atoms with Crippen LogP contribution in [0.3, 0.4) is 0 Å². The van der Waals surface area contributed by atoms with Gasteiger partial charge in [0.15, 0.2) is 4.80 Å². The Morgan fingerprint density at radius 3 is 2.64 bits per heavy atom. The summed E-state index contributed by atoms with van der Waals surface area (Å²) in [5, 5.41) is 11.7. The van der Waals surface area contributed by atoms with E-state index in [1.807, 2.05) is 0 Å². The number of halogens is 1. The molecule has 0 saturated carbocycles. The number of allylic oxidation sites excluding steroid dienone is 1. The van der Waals surface area contributed by atoms with E-state index < -0.39 is 22.5 Å². The van der Waals surface area contributed by atoms with E-state index in [4.69, 9.17) is 18.6 Å². The largest absolute Gasteiger partial charge is 0.497 e. The summed E-state index contributed by atoms with van der Waals surface area (Å²) >= 11 is 4.63. The highest BCUT2D eigenvalue weighted by molar-refractivity contribution is 9.10. The summed E-state index contributed by atoms with van der Waals surface area (Å²) in [6.07, 6.45) is 1.55. The average Bonchev–Trinajstić information content (AvgIpc) is 3.55. The van der Waals surface area contributed by atoms with Gasteiger partial charge < -0.3 is 18.6 Å². The number of benzene rings is 2. The van der Waals surface area contributed by atoms with Crippen molar-refractivity contribution >= 4 is 45.0 Å². The second-order valence-electron chi connectivity index (χ2n) is 9.04. The van der Waals surface area contributed by atoms with Crippen molar-refractivity contribution in [1.82, 2.24) is 4.57 Å². The number of nitrogens with zero attached hydrogens (tertiary/aromatic N) is 3. The molecule has 0 N–H and O–H groups in total. The SMILES string of the molecule is CCOC(=O)C1=C(C)N=c2s/c(=C\c3ccc(-c4ccc(OC)cc4[N+](=O)[O-])o3)c(=O)n2[C@@H]1c1ccc(OC)c(Br)c1. The van der Waals surface area contributed by atoms with Crippen molar-refractivity contribution in [2.45, 2.75) is 19.9 Å². The molecule has 216 valence electrons. The number of furan rings is 1. The van der Waals surface area contributed by atoms with Gasteiger partial charge in [0.25, 0.3) is 11.2 Å². The molecule has 1 atom stereocenters. The van der Waals surface area contributed by atoms with Crippen molar-refractivity contribution in [3.05, 3.63) is 105 Å². The van der Waals surface area contributed by atoms with Crippen LogP contribution in [0.5, 0.6) is 11.5 Å². The van der Waals surface area contributed by atoms with Crippen LogP contribution in [0.4, 0.5) is 5.69 Å². The number of carbonyl (C=O) groups is 1. The molecule has 0 aliphatic carbocycles. The van der Waals surface area contributed by atoms with Gasteiger partial charge in [-0.25, -0.2) is 9.79 Å². The highest BCUT2D eigenvalue weighted by atomic mass is 79.9. The van der Waals surface area contributed by atoms with Gasteiger partial charge in [0, 0.05) is 6.08 Å². The van der Waals surface area contributed by atoms with Crippen molar-refractivity contribution in [3.63, 3.8) is 0 Å². The number of hydrogen-bond acceptors (Lipinski definition) is 10. The van der Waals surface area contributed by atoms with E-state index in [1.165, 1.54) is 17.7 Å². The lowest BCUT2D eigenvalue weighted by atomic mass is 9.96. The molecular formula is C29H24BrN3O8S. The van der Waals surface area contributed by atoms with Crippen LogP contribution in [-0.2, 0) is 9.53 Å². The zero-order valence-electron chi connectivity index (χ0n) is 22.9. The van der Waals surface area contributed by atoms with Crippen LogP contribution < -0.4 is 24.4 Å². The van der Waals surface area contributed by atoms with Crippen molar-refractivity contribution < 1.29 is 28.3 Å². The van der Waals surface area contributed by atoms with Gasteiger partial charge in [-0.15, -0.1) is 0 Å². The third-order valence-corrected chi connectivity index (χ3v) is 8.18. The molecular weight excluding hydrogens is 630 g/mol. The molecule has 0 radical (unpaired) electrons. The topological polar surface area (TPSA) is 135 Å². The maximum atomic E-state index is 13.9. The fourth-order valence-electron chi connectivity index (χ4n) is 4.66. The highest BCUT2D eigenvalue weighted by Crippen LogP contribution is 2.36. The predicted octanol–water partition coefficient (Wildman–Crippen LogP) is 4.75. The molecule has 1 aliphatic heterocycles. The maximum absolute atomic E-state index is 13.9. The number of ether oxygens (including phenoxy) is 3. The number of fused-ring (bicyclic) bond motifs is 1. The van der Waals surface area contributed by atoms with Gasteiger partial charge in [0.2, 0.25) is 0 Å². The van der Waals surface area contributed by atoms with E-state index in [9.17, 15) is 19.7 Å². The maximum Gasteiger partial charge on any atom is 0.338 e. The number of esters is 1. The van der Waals surface area contributed by atoms with Gasteiger partial charge in [-0.05, 0) is 71.7 Å². The third-order valence-electron chi connectivity index (χ3n) is 6.58. The molecule has 2 aromatic carbocycles. The number of nitro benzene ring substituents is 1. The number of rotatable bonds is 8. The molecule has 0 bridgehead atoms. The first-order chi connectivity index (χ1) is 20.2. The molecule has 0 unspecified atom stereocenters. The van der Waals surface area contributed by atoms with Crippen LogP contribution in [0.2, 0.25) is 0 Å². The molecule has 2 aromatic heterocycles. The van der Waals surface area contributed by atoms with Crippen LogP contribution in [0.15, 0.2) is 78.5 Å². The molecule has 42 heavy (non-hydrogen) atoms. The van der Waals surface area contributed by atoms with Crippen LogP contribution in [0.1, 0.15) is 31.2 Å². The number of carbonyl (C=O) groups excluding carboxylic acids is 1. The molecule has 3 heterocycles. The fourth-order valence-corrected chi connectivity index (χ4v) is 6.25. The van der Waals surface area contributed by atoms with Crippen LogP contribution in [0, 0.1) is 10.1 Å². The smallest absolute Gasteiger partial charge is 0.338 e. The van der Waals surface area contributed by atoms with Crippen molar-refractivity contribution in [2.75, 3.05) is 20.8 Å². The highest BCUT2D eigenvalue weighted by Gasteiger charge is 2.33. The zero-order chi connectivity index (χ0) is 30.1. The Labute approximate surface area is 251 Å². The molecule has 0 spiro atoms. The summed E-state index contributed by atoms with van der Waals surface area (Å²) in [5.41, 5.74) is 1.03. The zero-order valence-corrected chi connectivity index (χ0v) is 25.3. The van der Waals surface area contributed by atoms with Gasteiger partial charge in [0.05, 0.1) is 63.7 Å². The van der Waals surface area contributed by atoms with Crippen LogP contribution in [0.25, 0.3) is 17.4 Å². The minimum Gasteiger partial charge on any atom is -0.497 e. The summed E-state index contributed by atoms with van der Waals surface area (Å²) in [6.45, 7) is 3.57. The lowest BCUT2D eigenvalue weighted by molar-refractivity contribution is -0.384. The lowest BCUT2D eigenvalue weighted by Gasteiger charge is -2.25. The molecule has 0 fully saturated rings. The Balaban J connectivity index is 1.63. The normalized spacial score (nSPS) is 14.8. The fraction of sp³-hybridized carbons (Fsp3) is 0.207. The van der Waals surface area contributed by atoms with Crippen molar-refractivity contribution in [1.29, 1.82) is 0 Å². The molecule has 1 aliphatic rings. The molecule has 5 rings (SSSR count). The molecule has 11 nitrogen and oxygen atoms in total. The Kier molecular flexibility index (Phi) is 8.14. The van der Waals surface area contributed by atoms with Crippen LogP contribution in [-0.4, -0.2) is 36.3 Å². The Morgan fingerprint density at radius 1 is 1.19 bits per heavy atom. The number of aromatic nitrogens is 1. The third kappa shape index (κ3) is 5.28. The Bertz CT molecular complexity index is 1940. The van der Waals surface area contributed by atoms with Crippen LogP contribution >= 0.6 is 27.3 Å². The summed E-state index contributed by atoms with van der Waals surface area (Å²) in [7, 11) is 2.97. The van der Waals surface area contributed by atoms with E-state index in [0.29, 0.717) is 42.3 Å². The minimum atomic E-state index is -0.807.